The van der Waals surface area contributed by atoms with E-state index in [0.29, 0.717) is 12.8 Å². The Morgan fingerprint density at radius 3 is 1.88 bits per heavy atom. The molecule has 310 valence electrons. The molecule has 1 heterocycles. The normalized spacial score (nSPS) is 13.2. The molecule has 3 aromatic carbocycles. The van der Waals surface area contributed by atoms with E-state index < -0.39 is 65.6 Å². The van der Waals surface area contributed by atoms with E-state index in [1.807, 2.05) is 72.8 Å². The van der Waals surface area contributed by atoms with Crippen LogP contribution < -0.4 is 26.6 Å². The van der Waals surface area contributed by atoms with E-state index in [-0.39, 0.29) is 32.6 Å². The number of esters is 1. The number of unbranched alkanes of at least 4 members (excludes halogenated alkanes) is 1. The monoisotopic (exact) mass is 798 g/mol. The van der Waals surface area contributed by atoms with Crippen LogP contribution in [0, 0.1) is 0 Å². The number of hydrogen-bond donors (Lipinski definition) is 6. The maximum absolute atomic E-state index is 13.7. The fraction of sp³-hybridized carbons (Fsp3) is 0.395. The molecule has 0 bridgehead atoms. The van der Waals surface area contributed by atoms with Crippen molar-refractivity contribution in [3.8, 4) is 0 Å². The lowest BCUT2D eigenvalue weighted by Gasteiger charge is -2.25. The number of alkyl carbamates (subject to hydrolysis) is 2. The van der Waals surface area contributed by atoms with E-state index in [1.54, 1.807) is 39.1 Å². The highest BCUT2D eigenvalue weighted by atomic mass is 16.6. The molecule has 0 saturated carbocycles. The number of aromatic nitrogens is 1. The second-order valence-corrected chi connectivity index (χ2v) is 14.9. The molecule has 4 atom stereocenters. The molecule has 15 heteroatoms. The van der Waals surface area contributed by atoms with Crippen LogP contribution in [0.3, 0.4) is 0 Å². The first-order chi connectivity index (χ1) is 27.7. The Kier molecular flexibility index (Phi) is 16.7. The number of fused-ring (bicyclic) bond motifs is 1. The molecule has 0 unspecified atom stereocenters. The van der Waals surface area contributed by atoms with E-state index in [9.17, 15) is 28.8 Å². The second-order valence-electron chi connectivity index (χ2n) is 14.9. The molecule has 4 rings (SSSR count). The molecular weight excluding hydrogens is 745 g/mol. The van der Waals surface area contributed by atoms with Gasteiger partial charge in [0, 0.05) is 30.1 Å². The number of amides is 5. The molecule has 6 N–H and O–H groups in total. The highest BCUT2D eigenvalue weighted by Crippen LogP contribution is 2.20. The van der Waals surface area contributed by atoms with Gasteiger partial charge in [-0.15, -0.1) is 0 Å². The van der Waals surface area contributed by atoms with Gasteiger partial charge in [-0.2, -0.15) is 0 Å². The zero-order chi connectivity index (χ0) is 42.1. The minimum Gasteiger partial charge on any atom is -0.459 e. The fourth-order valence-corrected chi connectivity index (χ4v) is 5.79. The zero-order valence-electron chi connectivity index (χ0n) is 33.6. The summed E-state index contributed by atoms with van der Waals surface area (Å²) >= 11 is 0. The molecule has 0 saturated heterocycles. The summed E-state index contributed by atoms with van der Waals surface area (Å²) in [5.41, 5.74) is 2.40. The van der Waals surface area contributed by atoms with Crippen LogP contribution in [-0.2, 0) is 53.0 Å². The van der Waals surface area contributed by atoms with E-state index in [0.717, 1.165) is 27.6 Å². The van der Waals surface area contributed by atoms with Gasteiger partial charge < -0.3 is 45.8 Å². The molecule has 15 nitrogen and oxygen atoms in total. The number of hydrogen-bond acceptors (Lipinski definition) is 9. The summed E-state index contributed by atoms with van der Waals surface area (Å²) in [5, 5.41) is 14.1. The summed E-state index contributed by atoms with van der Waals surface area (Å²) in [6.45, 7) is 8.40. The Bertz CT molecular complexity index is 1980. The second kappa shape index (κ2) is 21.8. The topological polar surface area (TPSA) is 206 Å². The molecule has 1 aromatic heterocycles. The van der Waals surface area contributed by atoms with Gasteiger partial charge >= 0.3 is 18.2 Å². The molecule has 4 aromatic rings. The molecule has 0 radical (unpaired) electrons. The molecule has 0 aliphatic carbocycles. The number of rotatable bonds is 19. The minimum atomic E-state index is -1.15. The van der Waals surface area contributed by atoms with Crippen LogP contribution in [-0.4, -0.2) is 77.2 Å². The summed E-state index contributed by atoms with van der Waals surface area (Å²) in [4.78, 5) is 81.8. The average molecular weight is 799 g/mol. The first kappa shape index (κ1) is 44.3. The largest absolute Gasteiger partial charge is 0.459 e. The van der Waals surface area contributed by atoms with Gasteiger partial charge in [-0.05, 0) is 76.6 Å². The van der Waals surface area contributed by atoms with Gasteiger partial charge in [0.05, 0.1) is 0 Å². The smallest absolute Gasteiger partial charge is 0.408 e. The SMILES string of the molecule is C[C@@H](NC(=O)[C@H](Cc1c[nH]c2ccccc12)NC(=O)OC(C)(C)C)C(=O)N[C@@H](CCCCNC(=O)OCc1ccccc1)C(=O)N[C@H](C)C(=O)OCc1ccccc1. The highest BCUT2D eigenvalue weighted by molar-refractivity contribution is 5.95. The van der Waals surface area contributed by atoms with Crippen LogP contribution in [0.4, 0.5) is 9.59 Å². The summed E-state index contributed by atoms with van der Waals surface area (Å²) in [7, 11) is 0. The maximum Gasteiger partial charge on any atom is 0.408 e. The van der Waals surface area contributed by atoms with Crippen molar-refractivity contribution in [1.82, 2.24) is 31.6 Å². The third kappa shape index (κ3) is 14.9. The first-order valence-corrected chi connectivity index (χ1v) is 19.3. The lowest BCUT2D eigenvalue weighted by atomic mass is 10.0. The van der Waals surface area contributed by atoms with Gasteiger partial charge in [0.15, 0.2) is 0 Å². The number of aromatic amines is 1. The van der Waals surface area contributed by atoms with Crippen molar-refractivity contribution in [1.29, 1.82) is 0 Å². The lowest BCUT2D eigenvalue weighted by Crippen LogP contribution is -2.57. The van der Waals surface area contributed by atoms with Crippen molar-refractivity contribution in [2.75, 3.05) is 6.54 Å². The third-order valence-electron chi connectivity index (χ3n) is 8.83. The minimum absolute atomic E-state index is 0.0160. The predicted molar refractivity (Wildman–Crippen MR) is 217 cm³/mol. The molecule has 58 heavy (non-hydrogen) atoms. The van der Waals surface area contributed by atoms with Crippen LogP contribution >= 0.6 is 0 Å². The number of carbonyl (C=O) groups is 6. The van der Waals surface area contributed by atoms with Gasteiger partial charge in [-0.3, -0.25) is 14.4 Å². The van der Waals surface area contributed by atoms with Crippen LogP contribution in [0.2, 0.25) is 0 Å². The number of benzene rings is 3. The average Bonchev–Trinajstić information content (AvgIpc) is 3.60. The van der Waals surface area contributed by atoms with Gasteiger partial charge in [0.2, 0.25) is 17.7 Å². The van der Waals surface area contributed by atoms with Crippen molar-refractivity contribution in [3.05, 3.63) is 108 Å². The van der Waals surface area contributed by atoms with Crippen LogP contribution in [0.5, 0.6) is 0 Å². The maximum atomic E-state index is 13.7. The summed E-state index contributed by atoms with van der Waals surface area (Å²) in [6.07, 6.45) is 1.39. The zero-order valence-corrected chi connectivity index (χ0v) is 33.6. The molecule has 0 fully saturated rings. The van der Waals surface area contributed by atoms with Crippen molar-refractivity contribution in [2.24, 2.45) is 0 Å². The molecular formula is C43H54N6O9. The Labute approximate surface area is 338 Å². The van der Waals surface area contributed by atoms with Gasteiger partial charge in [-0.25, -0.2) is 14.4 Å². The molecule has 5 amide bonds. The van der Waals surface area contributed by atoms with Crippen LogP contribution in [0.15, 0.2) is 91.1 Å². The Morgan fingerprint density at radius 2 is 1.22 bits per heavy atom. The van der Waals surface area contributed by atoms with E-state index in [2.05, 4.69) is 31.6 Å². The van der Waals surface area contributed by atoms with E-state index in [1.165, 1.54) is 13.8 Å². The Balaban J connectivity index is 1.38. The molecule has 0 aliphatic heterocycles. The Hall–Kier alpha value is -6.38. The Morgan fingerprint density at radius 1 is 0.638 bits per heavy atom. The lowest BCUT2D eigenvalue weighted by molar-refractivity contribution is -0.148. The van der Waals surface area contributed by atoms with Crippen molar-refractivity contribution < 1.29 is 43.0 Å². The summed E-state index contributed by atoms with van der Waals surface area (Å²) in [6, 6.07) is 21.4. The number of para-hydroxylation sites is 1. The van der Waals surface area contributed by atoms with Crippen molar-refractivity contribution >= 4 is 46.8 Å². The molecule has 0 spiro atoms. The fourth-order valence-electron chi connectivity index (χ4n) is 5.79. The standard InChI is InChI=1S/C43H54N6O9/c1-28(46-39(52)36(49-42(55)58-43(3,4)5)24-32-25-45-34-21-13-12-20-33(32)34)37(50)48-35(22-14-15-23-44-41(54)57-27-31-18-10-7-11-19-31)38(51)47-29(2)40(53)56-26-30-16-8-6-9-17-30/h6-13,16-21,25,28-29,35-36,45H,14-15,22-24,26-27H2,1-5H3,(H,44,54)(H,46,52)(H,47,51)(H,48,50)(H,49,55)/t28-,29-,35+,36+/m1/s1. The van der Waals surface area contributed by atoms with E-state index >= 15 is 0 Å². The third-order valence-corrected chi connectivity index (χ3v) is 8.83. The number of H-pyrrole nitrogens is 1. The number of nitrogens with one attached hydrogen (secondary N) is 6. The predicted octanol–water partition coefficient (Wildman–Crippen LogP) is 4.94. The summed E-state index contributed by atoms with van der Waals surface area (Å²) < 4.78 is 16.0. The van der Waals surface area contributed by atoms with Gasteiger partial charge in [-0.1, -0.05) is 78.9 Å². The van der Waals surface area contributed by atoms with E-state index in [4.69, 9.17) is 14.2 Å². The van der Waals surface area contributed by atoms with Crippen LogP contribution in [0.1, 0.15) is 70.6 Å². The quantitative estimate of drug-likeness (QED) is 0.0431. The summed E-state index contributed by atoms with van der Waals surface area (Å²) in [5.74, 6) is -2.65. The number of carbonyl (C=O) groups excluding carboxylic acids is 6. The van der Waals surface area contributed by atoms with Crippen molar-refractivity contribution in [3.63, 3.8) is 0 Å². The van der Waals surface area contributed by atoms with Gasteiger partial charge in [0.25, 0.3) is 0 Å². The number of ether oxygens (including phenoxy) is 3. The van der Waals surface area contributed by atoms with Crippen LogP contribution in [0.25, 0.3) is 10.9 Å². The first-order valence-electron chi connectivity index (χ1n) is 19.3. The highest BCUT2D eigenvalue weighted by Gasteiger charge is 2.30. The van der Waals surface area contributed by atoms with Crippen molar-refractivity contribution in [2.45, 2.75) is 103 Å². The molecule has 0 aliphatic rings. The van der Waals surface area contributed by atoms with Gasteiger partial charge in [0.1, 0.15) is 43.0 Å².